The maximum Gasteiger partial charge on any atom is 0.450 e. The van der Waals surface area contributed by atoms with Gasteiger partial charge in [0, 0.05) is 42.9 Å². The van der Waals surface area contributed by atoms with Crippen LogP contribution in [0.4, 0.5) is 30.4 Å². The highest BCUT2D eigenvalue weighted by atomic mass is 35.5. The molecule has 2 heterocycles. The summed E-state index contributed by atoms with van der Waals surface area (Å²) < 4.78 is 38.8. The minimum Gasteiger partial charge on any atom is -0.384 e. The van der Waals surface area contributed by atoms with Gasteiger partial charge in [-0.25, -0.2) is 9.97 Å². The fourth-order valence-electron chi connectivity index (χ4n) is 4.51. The van der Waals surface area contributed by atoms with E-state index in [4.69, 9.17) is 11.6 Å². The van der Waals surface area contributed by atoms with Gasteiger partial charge in [-0.3, -0.25) is 4.79 Å². The van der Waals surface area contributed by atoms with Crippen molar-refractivity contribution in [1.82, 2.24) is 9.97 Å². The standard InChI is InChI=1S/C27H27ClF3N5O/c28-21-9-10-22-20(8-7-19(14-32-22)26(37)27(29,30)31)25(21)34-13-17-3-5-18(6-4-17)23-11-24(36-15-35-23)33-12-16-1-2-16/h3-6,9-11,15-16,19,32,34H,1-2,7-8,12-14H2,(H,33,35,36). The van der Waals surface area contributed by atoms with Crippen molar-refractivity contribution in [2.45, 2.75) is 38.4 Å². The number of anilines is 3. The van der Waals surface area contributed by atoms with Crippen LogP contribution in [0.3, 0.4) is 0 Å². The van der Waals surface area contributed by atoms with Crippen molar-refractivity contribution in [3.63, 3.8) is 0 Å². The number of Topliss-reactive ketones (excluding diaryl/α,β-unsaturated/α-hetero) is 1. The summed E-state index contributed by atoms with van der Waals surface area (Å²) in [4.78, 5) is 20.5. The first-order valence-electron chi connectivity index (χ1n) is 12.3. The van der Waals surface area contributed by atoms with Crippen LogP contribution < -0.4 is 16.0 Å². The van der Waals surface area contributed by atoms with Gasteiger partial charge in [-0.15, -0.1) is 0 Å². The summed E-state index contributed by atoms with van der Waals surface area (Å²) in [6.45, 7) is 1.34. The predicted molar refractivity (Wildman–Crippen MR) is 139 cm³/mol. The zero-order chi connectivity index (χ0) is 26.0. The average molecular weight is 530 g/mol. The monoisotopic (exact) mass is 529 g/mol. The Balaban J connectivity index is 1.25. The number of aromatic nitrogens is 2. The molecule has 10 heteroatoms. The molecule has 1 aliphatic heterocycles. The average Bonchev–Trinajstić information content (AvgIpc) is 3.73. The van der Waals surface area contributed by atoms with Crippen LogP contribution in [0.2, 0.25) is 5.02 Å². The zero-order valence-electron chi connectivity index (χ0n) is 20.0. The summed E-state index contributed by atoms with van der Waals surface area (Å²) in [5, 5.41) is 10.2. The third kappa shape index (κ3) is 6.15. The largest absolute Gasteiger partial charge is 0.450 e. The number of hydrogen-bond acceptors (Lipinski definition) is 6. The molecule has 37 heavy (non-hydrogen) atoms. The minimum atomic E-state index is -4.84. The molecule has 194 valence electrons. The van der Waals surface area contributed by atoms with Gasteiger partial charge >= 0.3 is 6.18 Å². The van der Waals surface area contributed by atoms with Crippen molar-refractivity contribution < 1.29 is 18.0 Å². The molecule has 3 N–H and O–H groups in total. The molecule has 0 radical (unpaired) electrons. The summed E-state index contributed by atoms with van der Waals surface area (Å²) in [6, 6.07) is 13.4. The first-order valence-corrected chi connectivity index (χ1v) is 12.7. The van der Waals surface area contributed by atoms with E-state index in [1.807, 2.05) is 30.3 Å². The number of carbonyl (C=O) groups is 1. The number of nitrogens with zero attached hydrogens (tertiary/aromatic N) is 2. The molecular formula is C27H27ClF3N5O. The molecule has 1 aliphatic carbocycles. The van der Waals surface area contributed by atoms with Gasteiger partial charge in [0.25, 0.3) is 0 Å². The quantitative estimate of drug-likeness (QED) is 0.316. The van der Waals surface area contributed by atoms with E-state index in [0.717, 1.165) is 40.7 Å². The second kappa shape index (κ2) is 10.6. The van der Waals surface area contributed by atoms with Gasteiger partial charge < -0.3 is 16.0 Å². The minimum absolute atomic E-state index is 0.0608. The molecule has 6 nitrogen and oxygen atoms in total. The Morgan fingerprint density at radius 3 is 2.57 bits per heavy atom. The number of carbonyl (C=O) groups excluding carboxylic acids is 1. The van der Waals surface area contributed by atoms with Crippen LogP contribution in [0.25, 0.3) is 11.3 Å². The van der Waals surface area contributed by atoms with Gasteiger partial charge in [-0.1, -0.05) is 35.9 Å². The van der Waals surface area contributed by atoms with Crippen LogP contribution in [-0.2, 0) is 17.8 Å². The van der Waals surface area contributed by atoms with Gasteiger partial charge in [-0.05, 0) is 54.9 Å². The van der Waals surface area contributed by atoms with Crippen LogP contribution in [0.15, 0.2) is 48.8 Å². The molecular weight excluding hydrogens is 503 g/mol. The Kier molecular flexibility index (Phi) is 7.24. The Morgan fingerprint density at radius 2 is 1.84 bits per heavy atom. The van der Waals surface area contributed by atoms with Gasteiger partial charge in [0.2, 0.25) is 5.78 Å². The van der Waals surface area contributed by atoms with Crippen LogP contribution >= 0.6 is 11.6 Å². The topological polar surface area (TPSA) is 78.9 Å². The van der Waals surface area contributed by atoms with Crippen LogP contribution in [0, 0.1) is 11.8 Å². The van der Waals surface area contributed by atoms with E-state index >= 15 is 0 Å². The summed E-state index contributed by atoms with van der Waals surface area (Å²) in [5.74, 6) is -1.26. The Bertz CT molecular complexity index is 1280. The number of alkyl halides is 3. The highest BCUT2D eigenvalue weighted by Crippen LogP contribution is 2.37. The van der Waals surface area contributed by atoms with E-state index in [2.05, 4.69) is 25.9 Å². The summed E-state index contributed by atoms with van der Waals surface area (Å²) in [6.07, 6.45) is -0.337. The van der Waals surface area contributed by atoms with Crippen LogP contribution in [0.5, 0.6) is 0 Å². The molecule has 1 saturated carbocycles. The zero-order valence-corrected chi connectivity index (χ0v) is 20.8. The molecule has 0 amide bonds. The lowest BCUT2D eigenvalue weighted by atomic mass is 9.96. The molecule has 1 fully saturated rings. The third-order valence-corrected chi connectivity index (χ3v) is 7.16. The lowest BCUT2D eigenvalue weighted by molar-refractivity contribution is -0.175. The second-order valence-electron chi connectivity index (χ2n) is 9.59. The van der Waals surface area contributed by atoms with Crippen molar-refractivity contribution in [3.05, 3.63) is 64.9 Å². The fourth-order valence-corrected chi connectivity index (χ4v) is 4.76. The number of halogens is 4. The fraction of sp³-hybridized carbons (Fsp3) is 0.370. The van der Waals surface area contributed by atoms with Gasteiger partial charge in [0.1, 0.15) is 12.1 Å². The molecule has 3 aromatic rings. The van der Waals surface area contributed by atoms with Crippen molar-refractivity contribution in [3.8, 4) is 11.3 Å². The molecule has 5 rings (SSSR count). The van der Waals surface area contributed by atoms with Gasteiger partial charge in [0.15, 0.2) is 0 Å². The lowest BCUT2D eigenvalue weighted by Gasteiger charge is -2.17. The molecule has 0 spiro atoms. The Hall–Kier alpha value is -3.33. The van der Waals surface area contributed by atoms with Crippen molar-refractivity contribution in [1.29, 1.82) is 0 Å². The van der Waals surface area contributed by atoms with E-state index in [0.29, 0.717) is 29.4 Å². The van der Waals surface area contributed by atoms with E-state index in [9.17, 15) is 18.0 Å². The lowest BCUT2D eigenvalue weighted by Crippen LogP contribution is -2.34. The molecule has 0 bridgehead atoms. The second-order valence-corrected chi connectivity index (χ2v) is 10.00. The van der Waals surface area contributed by atoms with Crippen LogP contribution in [-0.4, -0.2) is 35.0 Å². The number of ketones is 1. The molecule has 0 saturated heterocycles. The highest BCUT2D eigenvalue weighted by Gasteiger charge is 2.43. The number of fused-ring (bicyclic) bond motifs is 1. The Labute approximate surface area is 218 Å². The normalized spacial score (nSPS) is 17.4. The van der Waals surface area contributed by atoms with Gasteiger partial charge in [0.05, 0.1) is 16.4 Å². The van der Waals surface area contributed by atoms with E-state index in [1.165, 1.54) is 12.8 Å². The summed E-state index contributed by atoms with van der Waals surface area (Å²) in [5.41, 5.74) is 4.95. The molecule has 1 atom stereocenters. The first kappa shape index (κ1) is 25.3. The molecule has 2 aliphatic rings. The maximum atomic E-state index is 12.9. The number of hydrogen-bond donors (Lipinski definition) is 3. The molecule has 2 aromatic carbocycles. The number of benzene rings is 2. The molecule has 1 aromatic heterocycles. The van der Waals surface area contributed by atoms with Crippen molar-refractivity contribution >= 4 is 34.6 Å². The van der Waals surface area contributed by atoms with Crippen LogP contribution in [0.1, 0.15) is 30.4 Å². The third-order valence-electron chi connectivity index (χ3n) is 6.85. The predicted octanol–water partition coefficient (Wildman–Crippen LogP) is 6.34. The van der Waals surface area contributed by atoms with E-state index in [1.54, 1.807) is 18.5 Å². The van der Waals surface area contributed by atoms with E-state index in [-0.39, 0.29) is 13.0 Å². The SMILES string of the molecule is O=C(C1CCc2c(ccc(Cl)c2NCc2ccc(-c3cc(NCC4CC4)ncn3)cc2)NC1)C(F)(F)F. The molecule has 1 unspecified atom stereocenters. The van der Waals surface area contributed by atoms with E-state index < -0.39 is 17.9 Å². The van der Waals surface area contributed by atoms with Gasteiger partial charge in [-0.2, -0.15) is 13.2 Å². The summed E-state index contributed by atoms with van der Waals surface area (Å²) in [7, 11) is 0. The van der Waals surface area contributed by atoms with Crippen molar-refractivity contribution in [2.24, 2.45) is 11.8 Å². The smallest absolute Gasteiger partial charge is 0.384 e. The highest BCUT2D eigenvalue weighted by molar-refractivity contribution is 6.33. The summed E-state index contributed by atoms with van der Waals surface area (Å²) >= 11 is 6.46. The maximum absolute atomic E-state index is 12.9. The number of rotatable bonds is 8. The first-order chi connectivity index (χ1) is 17.8. The Morgan fingerprint density at radius 1 is 1.05 bits per heavy atom. The number of nitrogens with one attached hydrogen (secondary N) is 3. The van der Waals surface area contributed by atoms with Crippen molar-refractivity contribution in [2.75, 3.05) is 29.0 Å².